The summed E-state index contributed by atoms with van der Waals surface area (Å²) in [7, 11) is 1.63. The molecule has 5 aliphatic rings. The maximum atomic E-state index is 14.3. The van der Waals surface area contributed by atoms with Gasteiger partial charge in [-0.25, -0.2) is 0 Å². The third kappa shape index (κ3) is 5.61. The van der Waals surface area contributed by atoms with Crippen molar-refractivity contribution in [2.24, 2.45) is 5.92 Å². The van der Waals surface area contributed by atoms with Crippen molar-refractivity contribution < 1.29 is 32.5 Å². The Labute approximate surface area is 291 Å². The summed E-state index contributed by atoms with van der Waals surface area (Å²) < 4.78 is 53.2. The normalized spacial score (nSPS) is 28.3. The topological polar surface area (TPSA) is 62.2 Å². The Morgan fingerprint density at radius 1 is 1.06 bits per heavy atom. The molecule has 5 atom stereocenters. The van der Waals surface area contributed by atoms with Crippen LogP contribution in [0.1, 0.15) is 72.8 Å². The second-order valence-corrected chi connectivity index (χ2v) is 15.0. The summed E-state index contributed by atoms with van der Waals surface area (Å²) in [4.78, 5) is 18.7. The Bertz CT molecular complexity index is 1780. The molecule has 2 bridgehead atoms. The minimum absolute atomic E-state index is 0.0356. The van der Waals surface area contributed by atoms with Crippen LogP contribution >= 0.6 is 0 Å². The Morgan fingerprint density at radius 2 is 1.88 bits per heavy atom. The summed E-state index contributed by atoms with van der Waals surface area (Å²) in [5.41, 5.74) is 1.30. The number of benzene rings is 3. The molecule has 9 heteroatoms. The van der Waals surface area contributed by atoms with Gasteiger partial charge in [0.15, 0.2) is 11.5 Å². The van der Waals surface area contributed by atoms with E-state index in [1.165, 1.54) is 42.2 Å². The largest absolute Gasteiger partial charge is 0.493 e. The van der Waals surface area contributed by atoms with Gasteiger partial charge in [0.1, 0.15) is 6.10 Å². The lowest BCUT2D eigenvalue weighted by Gasteiger charge is -2.65. The molecule has 2 aliphatic heterocycles. The molecule has 1 spiro atoms. The van der Waals surface area contributed by atoms with Gasteiger partial charge in [-0.1, -0.05) is 48.5 Å². The number of aliphatic hydroxyl groups is 1. The molecule has 50 heavy (non-hydrogen) atoms. The van der Waals surface area contributed by atoms with Crippen molar-refractivity contribution in [3.63, 3.8) is 0 Å². The Balaban J connectivity index is 1.13. The van der Waals surface area contributed by atoms with E-state index in [0.717, 1.165) is 62.9 Å². The Hall–Kier alpha value is -3.82. The molecule has 3 aromatic rings. The van der Waals surface area contributed by atoms with Gasteiger partial charge in [0.2, 0.25) is 5.91 Å². The molecule has 0 aromatic heterocycles. The number of carbonyl (C=O) groups excluding carboxylic acids is 1. The van der Waals surface area contributed by atoms with Crippen molar-refractivity contribution in [3.8, 4) is 11.5 Å². The molecule has 2 heterocycles. The molecule has 1 saturated heterocycles. The van der Waals surface area contributed by atoms with Crippen LogP contribution in [-0.4, -0.2) is 71.3 Å². The zero-order valence-corrected chi connectivity index (χ0v) is 28.5. The van der Waals surface area contributed by atoms with E-state index < -0.39 is 28.9 Å². The summed E-state index contributed by atoms with van der Waals surface area (Å²) >= 11 is 0. The summed E-state index contributed by atoms with van der Waals surface area (Å²) in [5.74, 6) is 1.75. The first kappa shape index (κ1) is 33.3. The SMILES string of the molecule is COc1ccc2c3c1OC1C(N(CCCCc4ccccc4)C(=O)/C=C/c4cccc(C(F)(F)F)c4)CC[C@@]4(O)[C@@H](C2)N(CC2CC2)CC[C@]314. The van der Waals surface area contributed by atoms with Crippen LogP contribution in [0.2, 0.25) is 0 Å². The molecule has 3 aromatic carbocycles. The standard InChI is InChI=1S/C41H45F3N2O4/c1-49-33-17-16-30-25-34-40(48)20-19-32(38-39(40,36(30)37(33)50-38)21-23-45(34)26-29-13-14-29)46(22-6-5-10-27-8-3-2-4-9-27)35(47)18-15-28-11-7-12-31(24-28)41(42,43)44/h2-4,7-9,11-12,15-18,24,29,32,34,38,48H,5-6,10,13-14,19-23,25-26H2,1H3/b18-15+/t32?,34-,38?,39+,40-/m1/s1. The van der Waals surface area contributed by atoms with Crippen molar-refractivity contribution in [2.75, 3.05) is 26.7 Å². The van der Waals surface area contributed by atoms with E-state index >= 15 is 0 Å². The van der Waals surface area contributed by atoms with E-state index in [0.29, 0.717) is 42.4 Å². The first-order valence-corrected chi connectivity index (χ1v) is 18.2. The molecule has 0 radical (unpaired) electrons. The highest BCUT2D eigenvalue weighted by atomic mass is 19.4. The van der Waals surface area contributed by atoms with Crippen molar-refractivity contribution >= 4 is 12.0 Å². The van der Waals surface area contributed by atoms with Gasteiger partial charge in [0, 0.05) is 30.8 Å². The molecule has 6 nitrogen and oxygen atoms in total. The number of carbonyl (C=O) groups is 1. The molecule has 8 rings (SSSR count). The molecule has 3 aliphatic carbocycles. The second-order valence-electron chi connectivity index (χ2n) is 15.0. The van der Waals surface area contributed by atoms with E-state index in [9.17, 15) is 23.1 Å². The number of piperidine rings is 1. The third-order valence-corrected chi connectivity index (χ3v) is 12.2. The van der Waals surface area contributed by atoms with Gasteiger partial charge < -0.3 is 19.5 Å². The highest BCUT2D eigenvalue weighted by Crippen LogP contribution is 2.66. The highest BCUT2D eigenvalue weighted by Gasteiger charge is 2.73. The molecule has 264 valence electrons. The van der Waals surface area contributed by atoms with E-state index in [-0.39, 0.29) is 18.0 Å². The third-order valence-electron chi connectivity index (χ3n) is 12.2. The number of ether oxygens (including phenoxy) is 2. The van der Waals surface area contributed by atoms with E-state index in [2.05, 4.69) is 23.1 Å². The van der Waals surface area contributed by atoms with Gasteiger partial charge >= 0.3 is 6.18 Å². The number of likely N-dealkylation sites (tertiary alicyclic amines) is 1. The van der Waals surface area contributed by atoms with Crippen LogP contribution in [0.5, 0.6) is 11.5 Å². The molecule has 1 amide bonds. The minimum Gasteiger partial charge on any atom is -0.493 e. The number of methoxy groups -OCH3 is 1. The lowest BCUT2D eigenvalue weighted by molar-refractivity contribution is -0.201. The molecule has 2 saturated carbocycles. The van der Waals surface area contributed by atoms with Crippen molar-refractivity contribution in [3.05, 3.63) is 101 Å². The van der Waals surface area contributed by atoms with Crippen molar-refractivity contribution in [1.82, 2.24) is 9.80 Å². The predicted octanol–water partition coefficient (Wildman–Crippen LogP) is 7.21. The smallest absolute Gasteiger partial charge is 0.416 e. The summed E-state index contributed by atoms with van der Waals surface area (Å²) in [5, 5.41) is 13.0. The lowest BCUT2D eigenvalue weighted by Crippen LogP contribution is -2.78. The number of alkyl halides is 3. The lowest BCUT2D eigenvalue weighted by atomic mass is 9.48. The summed E-state index contributed by atoms with van der Waals surface area (Å²) in [6, 6.07) is 19.0. The number of unbranched alkanes of at least 4 members (excludes halogenated alkanes) is 1. The fourth-order valence-electron chi connectivity index (χ4n) is 9.70. The minimum atomic E-state index is -4.47. The maximum Gasteiger partial charge on any atom is 0.416 e. The van der Waals surface area contributed by atoms with Gasteiger partial charge in [0.05, 0.1) is 29.7 Å². The fraction of sp³-hybridized carbons (Fsp3) is 0.488. The number of hydrogen-bond donors (Lipinski definition) is 1. The average Bonchev–Trinajstić information content (AvgIpc) is 3.86. The van der Waals surface area contributed by atoms with E-state index in [1.807, 2.05) is 29.2 Å². The highest BCUT2D eigenvalue weighted by molar-refractivity contribution is 5.92. The second kappa shape index (κ2) is 12.7. The Morgan fingerprint density at radius 3 is 2.64 bits per heavy atom. The van der Waals surface area contributed by atoms with Crippen LogP contribution in [0.3, 0.4) is 0 Å². The molecule has 3 fully saturated rings. The number of aryl methyl sites for hydroxylation is 1. The van der Waals surface area contributed by atoms with E-state index in [1.54, 1.807) is 13.2 Å². The first-order chi connectivity index (χ1) is 24.1. The van der Waals surface area contributed by atoms with Crippen LogP contribution in [0.25, 0.3) is 6.08 Å². The maximum absolute atomic E-state index is 14.3. The van der Waals surface area contributed by atoms with Gasteiger partial charge in [-0.2, -0.15) is 13.2 Å². The van der Waals surface area contributed by atoms with Gasteiger partial charge in [-0.15, -0.1) is 0 Å². The number of hydrogen-bond acceptors (Lipinski definition) is 5. The average molecular weight is 687 g/mol. The molecule has 1 N–H and O–H groups in total. The van der Waals surface area contributed by atoms with Crippen LogP contribution < -0.4 is 9.47 Å². The van der Waals surface area contributed by atoms with Gasteiger partial charge in [-0.3, -0.25) is 9.69 Å². The van der Waals surface area contributed by atoms with Crippen molar-refractivity contribution in [1.29, 1.82) is 0 Å². The predicted molar refractivity (Wildman–Crippen MR) is 185 cm³/mol. The summed E-state index contributed by atoms with van der Waals surface area (Å²) in [6.07, 6.45) is 5.46. The Kier molecular flexibility index (Phi) is 8.50. The molecular weight excluding hydrogens is 641 g/mol. The monoisotopic (exact) mass is 686 g/mol. The zero-order valence-electron chi connectivity index (χ0n) is 28.5. The number of halogens is 3. The van der Waals surface area contributed by atoms with Crippen molar-refractivity contribution in [2.45, 2.75) is 93.2 Å². The van der Waals surface area contributed by atoms with Crippen LogP contribution in [-0.2, 0) is 29.2 Å². The van der Waals surface area contributed by atoms with Crippen LogP contribution in [0, 0.1) is 5.92 Å². The quantitative estimate of drug-likeness (QED) is 0.171. The van der Waals surface area contributed by atoms with E-state index in [4.69, 9.17) is 9.47 Å². The molecular formula is C41H45F3N2O4. The molecule has 2 unspecified atom stereocenters. The van der Waals surface area contributed by atoms with Gasteiger partial charge in [-0.05, 0) is 111 Å². The van der Waals surface area contributed by atoms with Crippen LogP contribution in [0.4, 0.5) is 13.2 Å². The summed E-state index contributed by atoms with van der Waals surface area (Å²) in [6.45, 7) is 2.32. The first-order valence-electron chi connectivity index (χ1n) is 18.2. The van der Waals surface area contributed by atoms with Gasteiger partial charge in [0.25, 0.3) is 0 Å². The fourth-order valence-corrected chi connectivity index (χ4v) is 9.70. The number of rotatable bonds is 11. The zero-order chi connectivity index (χ0) is 34.7. The van der Waals surface area contributed by atoms with Crippen LogP contribution in [0.15, 0.2) is 72.8 Å². The number of nitrogens with zero attached hydrogens (tertiary/aromatic N) is 2. The number of amides is 1.